The van der Waals surface area contributed by atoms with Gasteiger partial charge in [0.2, 0.25) is 0 Å². The maximum absolute atomic E-state index is 5.77. The molecule has 0 saturated carbocycles. The third kappa shape index (κ3) is 2.76. The van der Waals surface area contributed by atoms with E-state index in [4.69, 9.17) is 10.6 Å². The molecule has 1 aliphatic rings. The fraction of sp³-hybridized carbons (Fsp3) is 0.200. The Bertz CT molecular complexity index is 626. The molecule has 2 aromatic rings. The molecule has 0 aliphatic carbocycles. The summed E-state index contributed by atoms with van der Waals surface area (Å²) in [4.78, 5) is 0. The van der Waals surface area contributed by atoms with Gasteiger partial charge < -0.3 is 4.74 Å². The van der Waals surface area contributed by atoms with Crippen LogP contribution in [0.2, 0.25) is 0 Å². The fourth-order valence-electron chi connectivity index (χ4n) is 2.51. The first kappa shape index (κ1) is 14.1. The van der Waals surface area contributed by atoms with Gasteiger partial charge in [0, 0.05) is 15.4 Å². The quantitative estimate of drug-likeness (QED) is 0.613. The van der Waals surface area contributed by atoms with Gasteiger partial charge in [-0.2, -0.15) is 0 Å². The summed E-state index contributed by atoms with van der Waals surface area (Å²) in [6.07, 6.45) is 0.961. The number of nitrogens with two attached hydrogens (primary N) is 1. The Balaban J connectivity index is 2.01. The first-order valence-electron chi connectivity index (χ1n) is 6.35. The summed E-state index contributed by atoms with van der Waals surface area (Å²) in [5.74, 6) is 6.76. The molecule has 104 valence electrons. The zero-order chi connectivity index (χ0) is 14.1. The van der Waals surface area contributed by atoms with Crippen LogP contribution in [0.4, 0.5) is 0 Å². The molecule has 0 saturated heterocycles. The molecule has 2 aromatic carbocycles. The summed E-state index contributed by atoms with van der Waals surface area (Å²) in [5.41, 5.74) is 6.39. The molecule has 1 heterocycles. The molecule has 3 rings (SSSR count). The van der Waals surface area contributed by atoms with E-state index in [0.29, 0.717) is 0 Å². The van der Waals surface area contributed by atoms with Gasteiger partial charge in [-0.05, 0) is 41.0 Å². The second-order valence-corrected chi connectivity index (χ2v) is 6.60. The van der Waals surface area contributed by atoms with Gasteiger partial charge in [-0.15, -0.1) is 0 Å². The summed E-state index contributed by atoms with van der Waals surface area (Å²) in [6, 6.07) is 12.3. The van der Waals surface area contributed by atoms with Crippen molar-refractivity contribution in [3.8, 4) is 5.75 Å². The Hall–Kier alpha value is -0.880. The number of hydrogen-bond donors (Lipinski definition) is 2. The minimum absolute atomic E-state index is 0.0466. The lowest BCUT2D eigenvalue weighted by Gasteiger charge is -2.18. The number of halogens is 2. The zero-order valence-electron chi connectivity index (χ0n) is 10.7. The fourth-order valence-corrected chi connectivity index (χ4v) is 3.84. The van der Waals surface area contributed by atoms with Gasteiger partial charge in [0.1, 0.15) is 5.75 Å². The van der Waals surface area contributed by atoms with Crippen LogP contribution in [-0.2, 0) is 6.42 Å². The van der Waals surface area contributed by atoms with E-state index < -0.39 is 0 Å². The van der Waals surface area contributed by atoms with Crippen LogP contribution in [0.1, 0.15) is 22.7 Å². The third-order valence-corrected chi connectivity index (χ3v) is 4.35. The highest BCUT2D eigenvalue weighted by molar-refractivity contribution is 9.11. The van der Waals surface area contributed by atoms with Gasteiger partial charge in [0.15, 0.2) is 0 Å². The first-order chi connectivity index (χ1) is 9.67. The molecule has 0 amide bonds. The van der Waals surface area contributed by atoms with Gasteiger partial charge in [0.05, 0.1) is 12.6 Å². The number of rotatable bonds is 3. The Morgan fingerprint density at radius 2 is 1.80 bits per heavy atom. The highest BCUT2D eigenvalue weighted by Gasteiger charge is 2.18. The largest absolute Gasteiger partial charge is 0.493 e. The highest BCUT2D eigenvalue weighted by atomic mass is 79.9. The molecule has 0 spiro atoms. The van der Waals surface area contributed by atoms with Crippen molar-refractivity contribution in [3.63, 3.8) is 0 Å². The van der Waals surface area contributed by atoms with E-state index in [9.17, 15) is 0 Å². The van der Waals surface area contributed by atoms with Gasteiger partial charge in [0.25, 0.3) is 0 Å². The summed E-state index contributed by atoms with van der Waals surface area (Å²) < 4.78 is 7.58. The summed E-state index contributed by atoms with van der Waals surface area (Å²) in [7, 11) is 0. The van der Waals surface area contributed by atoms with Crippen molar-refractivity contribution in [2.75, 3.05) is 6.61 Å². The van der Waals surface area contributed by atoms with Crippen LogP contribution in [0.15, 0.2) is 45.3 Å². The van der Waals surface area contributed by atoms with Crippen molar-refractivity contribution in [1.29, 1.82) is 0 Å². The lowest BCUT2D eigenvalue weighted by atomic mass is 9.97. The van der Waals surface area contributed by atoms with Crippen molar-refractivity contribution in [3.05, 3.63) is 62.0 Å². The predicted octanol–water partition coefficient (Wildman–Crippen LogP) is 3.70. The molecule has 0 aromatic heterocycles. The maximum Gasteiger partial charge on any atom is 0.122 e. The number of hydrazine groups is 1. The molecule has 5 heteroatoms. The van der Waals surface area contributed by atoms with E-state index in [1.165, 1.54) is 5.56 Å². The molecule has 0 fully saturated rings. The molecule has 0 bridgehead atoms. The average Bonchev–Trinajstić information content (AvgIpc) is 2.86. The van der Waals surface area contributed by atoms with E-state index in [1.54, 1.807) is 0 Å². The van der Waals surface area contributed by atoms with E-state index in [2.05, 4.69) is 61.6 Å². The van der Waals surface area contributed by atoms with Crippen LogP contribution in [0, 0.1) is 0 Å². The monoisotopic (exact) mass is 396 g/mol. The second kappa shape index (κ2) is 5.85. The van der Waals surface area contributed by atoms with Crippen LogP contribution in [0.3, 0.4) is 0 Å². The van der Waals surface area contributed by atoms with Crippen LogP contribution in [0.5, 0.6) is 5.75 Å². The van der Waals surface area contributed by atoms with Crippen molar-refractivity contribution < 1.29 is 4.74 Å². The Morgan fingerprint density at radius 3 is 2.50 bits per heavy atom. The first-order valence-corrected chi connectivity index (χ1v) is 7.94. The van der Waals surface area contributed by atoms with E-state index in [0.717, 1.165) is 38.8 Å². The van der Waals surface area contributed by atoms with Crippen molar-refractivity contribution in [2.45, 2.75) is 12.5 Å². The molecule has 1 unspecified atom stereocenters. The minimum atomic E-state index is -0.0466. The zero-order valence-corrected chi connectivity index (χ0v) is 13.9. The number of hydrogen-bond acceptors (Lipinski definition) is 3. The van der Waals surface area contributed by atoms with Crippen LogP contribution < -0.4 is 16.0 Å². The van der Waals surface area contributed by atoms with Gasteiger partial charge >= 0.3 is 0 Å². The topological polar surface area (TPSA) is 47.3 Å². The molecule has 1 aliphatic heterocycles. The predicted molar refractivity (Wildman–Crippen MR) is 86.6 cm³/mol. The summed E-state index contributed by atoms with van der Waals surface area (Å²) in [6.45, 7) is 0.766. The molecule has 0 radical (unpaired) electrons. The number of ether oxygens (including phenoxy) is 1. The molecular weight excluding hydrogens is 384 g/mol. The lowest BCUT2D eigenvalue weighted by Crippen LogP contribution is -2.28. The standard InChI is InChI=1S/C15H14Br2N2O/c16-12-6-11(7-13(17)8-12)15(19-18)10-1-2-14-9(5-10)3-4-20-14/h1-2,5-8,15,19H,3-4,18H2. The maximum atomic E-state index is 5.77. The van der Waals surface area contributed by atoms with Crippen molar-refractivity contribution >= 4 is 31.9 Å². The molecule has 20 heavy (non-hydrogen) atoms. The third-order valence-electron chi connectivity index (χ3n) is 3.43. The van der Waals surface area contributed by atoms with Crippen LogP contribution >= 0.6 is 31.9 Å². The molecule has 1 atom stereocenters. The van der Waals surface area contributed by atoms with Crippen LogP contribution in [0.25, 0.3) is 0 Å². The van der Waals surface area contributed by atoms with Crippen LogP contribution in [-0.4, -0.2) is 6.61 Å². The molecule has 3 N–H and O–H groups in total. The average molecular weight is 398 g/mol. The molecule has 3 nitrogen and oxygen atoms in total. The Kier molecular flexibility index (Phi) is 4.12. The number of benzene rings is 2. The second-order valence-electron chi connectivity index (χ2n) is 4.77. The van der Waals surface area contributed by atoms with E-state index in [-0.39, 0.29) is 6.04 Å². The van der Waals surface area contributed by atoms with Crippen molar-refractivity contribution in [1.82, 2.24) is 5.43 Å². The SMILES string of the molecule is NNC(c1cc(Br)cc(Br)c1)c1ccc2c(c1)CCO2. The smallest absolute Gasteiger partial charge is 0.122 e. The van der Waals surface area contributed by atoms with E-state index in [1.807, 2.05) is 12.1 Å². The Morgan fingerprint density at radius 1 is 1.05 bits per heavy atom. The van der Waals surface area contributed by atoms with Gasteiger partial charge in [-0.3, -0.25) is 5.84 Å². The van der Waals surface area contributed by atoms with Crippen molar-refractivity contribution in [2.24, 2.45) is 5.84 Å². The van der Waals surface area contributed by atoms with Gasteiger partial charge in [-0.25, -0.2) is 5.43 Å². The van der Waals surface area contributed by atoms with E-state index >= 15 is 0 Å². The summed E-state index contributed by atoms with van der Waals surface area (Å²) >= 11 is 7.03. The molecular formula is C15H14Br2N2O. The highest BCUT2D eigenvalue weighted by Crippen LogP contribution is 2.32. The number of fused-ring (bicyclic) bond motifs is 1. The van der Waals surface area contributed by atoms with Gasteiger partial charge in [-0.1, -0.05) is 44.0 Å². The minimum Gasteiger partial charge on any atom is -0.493 e. The Labute approximate surface area is 134 Å². The lowest BCUT2D eigenvalue weighted by molar-refractivity contribution is 0.357. The summed E-state index contributed by atoms with van der Waals surface area (Å²) in [5, 5.41) is 0. The normalized spacial score (nSPS) is 14.8. The number of nitrogens with one attached hydrogen (secondary N) is 1.